The summed E-state index contributed by atoms with van der Waals surface area (Å²) in [6.07, 6.45) is 3.88. The smallest absolute Gasteiger partial charge is 0.0427 e. The van der Waals surface area contributed by atoms with Gasteiger partial charge < -0.3 is 10.2 Å². The van der Waals surface area contributed by atoms with Gasteiger partial charge in [-0.05, 0) is 37.0 Å². The Kier molecular flexibility index (Phi) is 4.72. The standard InChI is InChI=1S/C17H25ClN2S/c1-17(2)7-8-20(9-10-21-17)16-11-14(18)4-3-13(16)12-19-15-5-6-15/h3-4,11,15,19H,5-10,12H2,1-2H3. The molecular formula is C17H25ClN2S. The van der Waals surface area contributed by atoms with Gasteiger partial charge >= 0.3 is 0 Å². The van der Waals surface area contributed by atoms with Gasteiger partial charge in [0.2, 0.25) is 0 Å². The van der Waals surface area contributed by atoms with Gasteiger partial charge in [0.05, 0.1) is 0 Å². The third kappa shape index (κ3) is 4.30. The first-order valence-electron chi connectivity index (χ1n) is 7.94. The summed E-state index contributed by atoms with van der Waals surface area (Å²) in [4.78, 5) is 2.53. The molecule has 1 aromatic carbocycles. The topological polar surface area (TPSA) is 15.3 Å². The molecule has 1 N–H and O–H groups in total. The van der Waals surface area contributed by atoms with Crippen molar-refractivity contribution in [1.29, 1.82) is 0 Å². The van der Waals surface area contributed by atoms with Crippen molar-refractivity contribution in [3.8, 4) is 0 Å². The van der Waals surface area contributed by atoms with E-state index < -0.39 is 0 Å². The van der Waals surface area contributed by atoms with E-state index >= 15 is 0 Å². The molecule has 2 aliphatic rings. The van der Waals surface area contributed by atoms with E-state index in [2.05, 4.69) is 48.0 Å². The molecule has 2 fully saturated rings. The fraction of sp³-hybridized carbons (Fsp3) is 0.647. The highest BCUT2D eigenvalue weighted by atomic mass is 35.5. The summed E-state index contributed by atoms with van der Waals surface area (Å²) in [5, 5.41) is 4.47. The van der Waals surface area contributed by atoms with Crippen LogP contribution in [0.15, 0.2) is 18.2 Å². The molecule has 0 bridgehead atoms. The number of halogens is 1. The minimum absolute atomic E-state index is 0.389. The van der Waals surface area contributed by atoms with Crippen molar-refractivity contribution < 1.29 is 0 Å². The Morgan fingerprint density at radius 2 is 2.14 bits per heavy atom. The van der Waals surface area contributed by atoms with Gasteiger partial charge in [0.25, 0.3) is 0 Å². The summed E-state index contributed by atoms with van der Waals surface area (Å²) in [5.74, 6) is 1.19. The van der Waals surface area contributed by atoms with Crippen LogP contribution in [0.3, 0.4) is 0 Å². The van der Waals surface area contributed by atoms with Gasteiger partial charge in [-0.25, -0.2) is 0 Å². The first kappa shape index (κ1) is 15.5. The molecule has 0 aromatic heterocycles. The Morgan fingerprint density at radius 3 is 2.90 bits per heavy atom. The Hall–Kier alpha value is -0.380. The number of thioether (sulfide) groups is 1. The minimum Gasteiger partial charge on any atom is -0.370 e. The van der Waals surface area contributed by atoms with Crippen molar-refractivity contribution >= 4 is 29.1 Å². The molecule has 1 aliphatic carbocycles. The Bertz CT molecular complexity index is 500. The van der Waals surface area contributed by atoms with Crippen LogP contribution in [0.5, 0.6) is 0 Å². The second kappa shape index (κ2) is 6.39. The highest BCUT2D eigenvalue weighted by Gasteiger charge is 2.25. The van der Waals surface area contributed by atoms with Crippen LogP contribution in [0.2, 0.25) is 5.02 Å². The second-order valence-corrected chi connectivity index (χ2v) is 9.01. The predicted octanol–water partition coefficient (Wildman–Crippen LogP) is 4.31. The van der Waals surface area contributed by atoms with Crippen LogP contribution in [0, 0.1) is 0 Å². The lowest BCUT2D eigenvalue weighted by molar-refractivity contribution is 0.633. The van der Waals surface area contributed by atoms with Crippen molar-refractivity contribution in [2.24, 2.45) is 0 Å². The molecule has 0 spiro atoms. The van der Waals surface area contributed by atoms with Crippen LogP contribution in [-0.4, -0.2) is 29.6 Å². The zero-order valence-corrected chi connectivity index (χ0v) is 14.6. The van der Waals surface area contributed by atoms with E-state index in [1.54, 1.807) is 0 Å². The van der Waals surface area contributed by atoms with Gasteiger partial charge in [-0.3, -0.25) is 0 Å². The summed E-state index contributed by atoms with van der Waals surface area (Å²) in [5.41, 5.74) is 2.71. The molecule has 1 heterocycles. The summed E-state index contributed by atoms with van der Waals surface area (Å²) in [6.45, 7) is 7.91. The second-order valence-electron chi connectivity index (χ2n) is 6.77. The average molecular weight is 325 g/mol. The zero-order chi connectivity index (χ0) is 14.9. The molecule has 0 amide bonds. The Balaban J connectivity index is 1.76. The maximum atomic E-state index is 6.26. The Labute approximate surface area is 137 Å². The summed E-state index contributed by atoms with van der Waals surface area (Å²) in [7, 11) is 0. The quantitative estimate of drug-likeness (QED) is 0.888. The minimum atomic E-state index is 0.389. The van der Waals surface area contributed by atoms with Crippen LogP contribution < -0.4 is 10.2 Å². The lowest BCUT2D eigenvalue weighted by Crippen LogP contribution is -2.29. The van der Waals surface area contributed by atoms with Gasteiger partial charge in [0, 0.05) is 46.9 Å². The van der Waals surface area contributed by atoms with Crippen LogP contribution >= 0.6 is 23.4 Å². The van der Waals surface area contributed by atoms with Gasteiger partial charge in [-0.2, -0.15) is 11.8 Å². The number of rotatable bonds is 4. The summed E-state index contributed by atoms with van der Waals surface area (Å²) >= 11 is 8.34. The molecule has 0 radical (unpaired) electrons. The van der Waals surface area contributed by atoms with Gasteiger partial charge in [-0.1, -0.05) is 31.5 Å². The number of hydrogen-bond acceptors (Lipinski definition) is 3. The lowest BCUT2D eigenvalue weighted by Gasteiger charge is -2.27. The highest BCUT2D eigenvalue weighted by Crippen LogP contribution is 2.34. The van der Waals surface area contributed by atoms with Crippen molar-refractivity contribution in [1.82, 2.24) is 5.32 Å². The van der Waals surface area contributed by atoms with Crippen molar-refractivity contribution in [3.63, 3.8) is 0 Å². The lowest BCUT2D eigenvalue weighted by atomic mass is 10.1. The predicted molar refractivity (Wildman–Crippen MR) is 94.7 cm³/mol. The van der Waals surface area contributed by atoms with Crippen LogP contribution in [0.25, 0.3) is 0 Å². The molecule has 21 heavy (non-hydrogen) atoms. The van der Waals surface area contributed by atoms with E-state index in [0.717, 1.165) is 30.7 Å². The average Bonchev–Trinajstić information content (AvgIpc) is 3.25. The van der Waals surface area contributed by atoms with Crippen LogP contribution in [0.1, 0.15) is 38.7 Å². The molecule has 4 heteroatoms. The van der Waals surface area contributed by atoms with Gasteiger partial charge in [0.1, 0.15) is 0 Å². The van der Waals surface area contributed by atoms with Crippen molar-refractivity contribution in [3.05, 3.63) is 28.8 Å². The summed E-state index contributed by atoms with van der Waals surface area (Å²) < 4.78 is 0.389. The third-order valence-corrected chi connectivity index (χ3v) is 5.99. The molecule has 1 aliphatic heterocycles. The SMILES string of the molecule is CC1(C)CCN(c2cc(Cl)ccc2CNC2CC2)CCS1. The molecule has 1 aromatic rings. The number of nitrogens with zero attached hydrogens (tertiary/aromatic N) is 1. The van der Waals surface area contributed by atoms with Gasteiger partial charge in [-0.15, -0.1) is 0 Å². The van der Waals surface area contributed by atoms with E-state index in [-0.39, 0.29) is 0 Å². The molecule has 0 unspecified atom stereocenters. The number of benzene rings is 1. The highest BCUT2D eigenvalue weighted by molar-refractivity contribution is 8.00. The van der Waals surface area contributed by atoms with E-state index in [0.29, 0.717) is 4.75 Å². The van der Waals surface area contributed by atoms with Crippen LogP contribution in [0.4, 0.5) is 5.69 Å². The molecule has 116 valence electrons. The molecule has 1 saturated heterocycles. The monoisotopic (exact) mass is 324 g/mol. The maximum absolute atomic E-state index is 6.26. The van der Waals surface area contributed by atoms with E-state index in [1.807, 2.05) is 6.07 Å². The molecular weight excluding hydrogens is 300 g/mol. The first-order chi connectivity index (χ1) is 10.0. The molecule has 2 nitrogen and oxygen atoms in total. The molecule has 0 atom stereocenters. The van der Waals surface area contributed by atoms with E-state index in [9.17, 15) is 0 Å². The van der Waals surface area contributed by atoms with Crippen molar-refractivity contribution in [2.75, 3.05) is 23.7 Å². The fourth-order valence-corrected chi connectivity index (χ4v) is 4.05. The third-order valence-electron chi connectivity index (χ3n) is 4.38. The normalized spacial score (nSPS) is 22.1. The number of hydrogen-bond donors (Lipinski definition) is 1. The van der Waals surface area contributed by atoms with Gasteiger partial charge in [0.15, 0.2) is 0 Å². The number of nitrogens with one attached hydrogen (secondary N) is 1. The van der Waals surface area contributed by atoms with E-state index in [4.69, 9.17) is 11.6 Å². The largest absolute Gasteiger partial charge is 0.370 e. The molecule has 3 rings (SSSR count). The van der Waals surface area contributed by atoms with E-state index in [1.165, 1.54) is 36.3 Å². The fourth-order valence-electron chi connectivity index (χ4n) is 2.78. The first-order valence-corrected chi connectivity index (χ1v) is 9.31. The summed E-state index contributed by atoms with van der Waals surface area (Å²) in [6, 6.07) is 7.10. The Morgan fingerprint density at radius 1 is 1.33 bits per heavy atom. The van der Waals surface area contributed by atoms with Crippen LogP contribution in [-0.2, 0) is 6.54 Å². The van der Waals surface area contributed by atoms with Crippen molar-refractivity contribution in [2.45, 2.75) is 50.4 Å². The maximum Gasteiger partial charge on any atom is 0.0427 e. The molecule has 1 saturated carbocycles. The zero-order valence-electron chi connectivity index (χ0n) is 13.0. The number of anilines is 1.